The minimum Gasteiger partial charge on any atom is -0.484 e. The van der Waals surface area contributed by atoms with Crippen LogP contribution in [0, 0.1) is 0 Å². The topological polar surface area (TPSA) is 77.0 Å². The third-order valence-corrected chi connectivity index (χ3v) is 3.68. The number of hydrogen-bond donors (Lipinski definition) is 1. The van der Waals surface area contributed by atoms with Crippen LogP contribution < -0.4 is 14.9 Å². The molecule has 2 aromatic carbocycles. The van der Waals surface area contributed by atoms with Crippen LogP contribution in [-0.2, 0) is 16.0 Å². The van der Waals surface area contributed by atoms with E-state index < -0.39 is 5.97 Å². The molecule has 142 valence electrons. The summed E-state index contributed by atoms with van der Waals surface area (Å²) in [5, 5.41) is 3.87. The van der Waals surface area contributed by atoms with Crippen molar-refractivity contribution in [3.63, 3.8) is 0 Å². The van der Waals surface area contributed by atoms with E-state index in [-0.39, 0.29) is 12.5 Å². The van der Waals surface area contributed by atoms with Crippen LogP contribution in [0.3, 0.4) is 0 Å². The van der Waals surface area contributed by atoms with Crippen LogP contribution in [0.25, 0.3) is 0 Å². The molecule has 0 saturated carbocycles. The number of nitrogens with zero attached hydrogens (tertiary/aromatic N) is 1. The van der Waals surface area contributed by atoms with E-state index in [1.165, 1.54) is 18.7 Å². The quantitative estimate of drug-likeness (QED) is 0.318. The van der Waals surface area contributed by atoms with Crippen molar-refractivity contribution in [2.75, 3.05) is 6.61 Å². The molecule has 0 spiro atoms. The highest BCUT2D eigenvalue weighted by Crippen LogP contribution is 2.16. The maximum Gasteiger partial charge on any atom is 0.308 e. The second kappa shape index (κ2) is 10.8. The van der Waals surface area contributed by atoms with Gasteiger partial charge in [-0.2, -0.15) is 5.10 Å². The summed E-state index contributed by atoms with van der Waals surface area (Å²) in [6.45, 7) is 3.34. The largest absolute Gasteiger partial charge is 0.484 e. The van der Waals surface area contributed by atoms with Gasteiger partial charge in [-0.25, -0.2) is 5.43 Å². The fraction of sp³-hybridized carbons (Fsp3) is 0.286. The van der Waals surface area contributed by atoms with Crippen molar-refractivity contribution >= 4 is 18.1 Å². The van der Waals surface area contributed by atoms with Crippen molar-refractivity contribution in [3.05, 3.63) is 59.7 Å². The molecule has 2 aromatic rings. The lowest BCUT2D eigenvalue weighted by molar-refractivity contribution is -0.132. The first kappa shape index (κ1) is 20.2. The number of nitrogens with one attached hydrogen (secondary N) is 1. The van der Waals surface area contributed by atoms with Gasteiger partial charge in [0.05, 0.1) is 6.21 Å². The second-order valence-corrected chi connectivity index (χ2v) is 5.96. The lowest BCUT2D eigenvalue weighted by atomic mass is 10.1. The number of aryl methyl sites for hydroxylation is 1. The molecule has 0 aliphatic carbocycles. The van der Waals surface area contributed by atoms with Gasteiger partial charge in [0.25, 0.3) is 5.91 Å². The fourth-order valence-corrected chi connectivity index (χ4v) is 2.32. The predicted octanol–water partition coefficient (Wildman–Crippen LogP) is 3.48. The molecule has 27 heavy (non-hydrogen) atoms. The molecule has 0 saturated heterocycles. The summed E-state index contributed by atoms with van der Waals surface area (Å²) >= 11 is 0. The standard InChI is InChI=1S/C21H24N2O4/c1-3-4-7-17-10-12-19(13-11-17)26-15-21(25)23-22-14-18-8-5-6-9-20(18)27-16(2)24/h5-6,8-14H,3-4,7,15H2,1-2H3,(H,23,25)/b22-14+. The van der Waals surface area contributed by atoms with Crippen LogP contribution in [0.5, 0.6) is 11.5 Å². The Bertz CT molecular complexity index is 785. The highest BCUT2D eigenvalue weighted by atomic mass is 16.5. The van der Waals surface area contributed by atoms with E-state index in [1.807, 2.05) is 24.3 Å². The zero-order valence-corrected chi connectivity index (χ0v) is 15.6. The summed E-state index contributed by atoms with van der Waals surface area (Å²) in [7, 11) is 0. The van der Waals surface area contributed by atoms with Crippen molar-refractivity contribution in [2.24, 2.45) is 5.10 Å². The summed E-state index contributed by atoms with van der Waals surface area (Å²) in [4.78, 5) is 22.9. The molecule has 0 aliphatic heterocycles. The Balaban J connectivity index is 1.81. The Morgan fingerprint density at radius 2 is 1.85 bits per heavy atom. The van der Waals surface area contributed by atoms with Crippen molar-refractivity contribution in [3.8, 4) is 11.5 Å². The van der Waals surface area contributed by atoms with Gasteiger partial charge in [0.1, 0.15) is 11.5 Å². The molecule has 0 aliphatic rings. The molecule has 0 aromatic heterocycles. The molecular formula is C21H24N2O4. The van der Waals surface area contributed by atoms with Gasteiger partial charge < -0.3 is 9.47 Å². The lowest BCUT2D eigenvalue weighted by Gasteiger charge is -2.07. The zero-order valence-electron chi connectivity index (χ0n) is 15.6. The van der Waals surface area contributed by atoms with Gasteiger partial charge in [-0.05, 0) is 42.7 Å². The normalized spacial score (nSPS) is 10.6. The number of ether oxygens (including phenoxy) is 2. The van der Waals surface area contributed by atoms with Crippen LogP contribution in [-0.4, -0.2) is 24.7 Å². The molecule has 0 heterocycles. The van der Waals surface area contributed by atoms with E-state index in [0.717, 1.165) is 19.3 Å². The van der Waals surface area contributed by atoms with Crippen LogP contribution in [0.4, 0.5) is 0 Å². The van der Waals surface area contributed by atoms with Gasteiger partial charge in [-0.1, -0.05) is 37.6 Å². The molecule has 1 amide bonds. The van der Waals surface area contributed by atoms with Gasteiger partial charge in [0.2, 0.25) is 0 Å². The first-order valence-corrected chi connectivity index (χ1v) is 8.89. The minimum absolute atomic E-state index is 0.142. The first-order chi connectivity index (χ1) is 13.1. The Hall–Kier alpha value is -3.15. The van der Waals surface area contributed by atoms with E-state index in [0.29, 0.717) is 17.1 Å². The summed E-state index contributed by atoms with van der Waals surface area (Å²) in [6.07, 6.45) is 4.77. The maximum atomic E-state index is 11.8. The summed E-state index contributed by atoms with van der Waals surface area (Å²) in [5.41, 5.74) is 4.22. The van der Waals surface area contributed by atoms with E-state index in [4.69, 9.17) is 9.47 Å². The molecule has 0 atom stereocenters. The van der Waals surface area contributed by atoms with Gasteiger partial charge in [0.15, 0.2) is 6.61 Å². The minimum atomic E-state index is -0.422. The second-order valence-electron chi connectivity index (χ2n) is 5.96. The molecule has 6 nitrogen and oxygen atoms in total. The van der Waals surface area contributed by atoms with E-state index in [1.54, 1.807) is 24.3 Å². The molecule has 6 heteroatoms. The number of esters is 1. The number of para-hydroxylation sites is 1. The third-order valence-electron chi connectivity index (χ3n) is 3.68. The molecule has 0 radical (unpaired) electrons. The number of hydrogen-bond acceptors (Lipinski definition) is 5. The number of amides is 1. The Morgan fingerprint density at radius 1 is 1.11 bits per heavy atom. The highest BCUT2D eigenvalue weighted by Gasteiger charge is 2.04. The van der Waals surface area contributed by atoms with Crippen LogP contribution in [0.15, 0.2) is 53.6 Å². The van der Waals surface area contributed by atoms with Crippen LogP contribution in [0.1, 0.15) is 37.8 Å². The SMILES string of the molecule is CCCCc1ccc(OCC(=O)N/N=C/c2ccccc2OC(C)=O)cc1. The number of carbonyl (C=O) groups is 2. The van der Waals surface area contributed by atoms with Gasteiger partial charge in [0, 0.05) is 12.5 Å². The highest BCUT2D eigenvalue weighted by molar-refractivity contribution is 5.86. The van der Waals surface area contributed by atoms with Crippen LogP contribution in [0.2, 0.25) is 0 Å². The monoisotopic (exact) mass is 368 g/mol. The molecule has 1 N–H and O–H groups in total. The van der Waals surface area contributed by atoms with Crippen molar-refractivity contribution in [1.82, 2.24) is 5.43 Å². The molecule has 0 fully saturated rings. The lowest BCUT2D eigenvalue weighted by Crippen LogP contribution is -2.24. The van der Waals surface area contributed by atoms with Gasteiger partial charge >= 0.3 is 5.97 Å². The van der Waals surface area contributed by atoms with Crippen molar-refractivity contribution < 1.29 is 19.1 Å². The van der Waals surface area contributed by atoms with Gasteiger partial charge in [-0.3, -0.25) is 9.59 Å². The Morgan fingerprint density at radius 3 is 2.56 bits per heavy atom. The van der Waals surface area contributed by atoms with Gasteiger partial charge in [-0.15, -0.1) is 0 Å². The number of carbonyl (C=O) groups excluding carboxylic acids is 2. The van der Waals surface area contributed by atoms with E-state index in [2.05, 4.69) is 17.5 Å². The fourth-order valence-electron chi connectivity index (χ4n) is 2.32. The smallest absolute Gasteiger partial charge is 0.308 e. The number of benzene rings is 2. The molecule has 0 unspecified atom stereocenters. The summed E-state index contributed by atoms with van der Waals surface area (Å²) < 4.78 is 10.5. The third kappa shape index (κ3) is 7.32. The molecule has 2 rings (SSSR count). The zero-order chi connectivity index (χ0) is 19.5. The number of unbranched alkanes of at least 4 members (excludes halogenated alkanes) is 1. The van der Waals surface area contributed by atoms with Crippen LogP contribution >= 0.6 is 0 Å². The van der Waals surface area contributed by atoms with Crippen molar-refractivity contribution in [1.29, 1.82) is 0 Å². The average Bonchev–Trinajstić information content (AvgIpc) is 2.66. The number of hydrazone groups is 1. The maximum absolute atomic E-state index is 11.8. The van der Waals surface area contributed by atoms with E-state index in [9.17, 15) is 9.59 Å². The van der Waals surface area contributed by atoms with E-state index >= 15 is 0 Å². The summed E-state index contributed by atoms with van der Waals surface area (Å²) in [6, 6.07) is 14.6. The Labute approximate surface area is 159 Å². The predicted molar refractivity (Wildman–Crippen MR) is 104 cm³/mol. The summed E-state index contributed by atoms with van der Waals surface area (Å²) in [5.74, 6) is 0.206. The van der Waals surface area contributed by atoms with Crippen molar-refractivity contribution in [2.45, 2.75) is 33.1 Å². The molecule has 0 bridgehead atoms. The molecular weight excluding hydrogens is 344 g/mol. The number of rotatable bonds is 9. The first-order valence-electron chi connectivity index (χ1n) is 8.89. The Kier molecular flexibility index (Phi) is 8.03. The average molecular weight is 368 g/mol.